The van der Waals surface area contributed by atoms with Crippen LogP contribution in [0.25, 0.3) is 0 Å². The molecule has 1 aliphatic heterocycles. The van der Waals surface area contributed by atoms with Gasteiger partial charge in [0.25, 0.3) is 5.91 Å². The Kier molecular flexibility index (Phi) is 4.88. The highest BCUT2D eigenvalue weighted by atomic mass is 35.5. The number of halogens is 3. The number of benzene rings is 2. The van der Waals surface area contributed by atoms with Crippen molar-refractivity contribution in [3.05, 3.63) is 75.2 Å². The summed E-state index contributed by atoms with van der Waals surface area (Å²) in [5.74, 6) is -0.186. The Bertz CT molecular complexity index is 1190. The lowest BCUT2D eigenvalue weighted by molar-refractivity contribution is -0.140. The highest BCUT2D eigenvalue weighted by Crippen LogP contribution is 2.65. The third kappa shape index (κ3) is 3.24. The number of amides is 3. The Morgan fingerprint density at radius 1 is 0.879 bits per heavy atom. The lowest BCUT2D eigenvalue weighted by atomic mass is 9.63. The van der Waals surface area contributed by atoms with E-state index in [1.807, 2.05) is 0 Å². The largest absolute Gasteiger partial charge is 0.290 e. The second kappa shape index (κ2) is 7.59. The van der Waals surface area contributed by atoms with Crippen LogP contribution in [0.5, 0.6) is 0 Å². The molecule has 0 aromatic heterocycles. The maximum Gasteiger partial charge on any atom is 0.261 e. The SMILES string of the molecule is O=C1C2C3C=CC(C4CC34)C2C(=O)N1CN(C(=O)c1ccc(Cl)cc1Cl)c1ccc(Cl)cc1. The first-order valence-corrected chi connectivity index (χ1v) is 12.0. The Morgan fingerprint density at radius 2 is 1.45 bits per heavy atom. The highest BCUT2D eigenvalue weighted by molar-refractivity contribution is 6.37. The lowest BCUT2D eigenvalue weighted by Gasteiger charge is -2.37. The van der Waals surface area contributed by atoms with E-state index < -0.39 is 5.91 Å². The number of nitrogens with zero attached hydrogens (tertiary/aromatic N) is 2. The molecule has 0 radical (unpaired) electrons. The van der Waals surface area contributed by atoms with Crippen molar-refractivity contribution in [2.75, 3.05) is 11.6 Å². The number of allylic oxidation sites excluding steroid dienone is 2. The quantitative estimate of drug-likeness (QED) is 0.422. The second-order valence-electron chi connectivity index (χ2n) is 9.23. The average molecular weight is 502 g/mol. The number of rotatable bonds is 4. The molecule has 2 bridgehead atoms. The molecule has 6 atom stereocenters. The molecule has 4 aliphatic carbocycles. The van der Waals surface area contributed by atoms with Crippen molar-refractivity contribution in [1.29, 1.82) is 0 Å². The molecule has 168 valence electrons. The van der Waals surface area contributed by atoms with Crippen molar-refractivity contribution in [1.82, 2.24) is 4.90 Å². The molecule has 3 fully saturated rings. The number of anilines is 1. The van der Waals surface area contributed by atoms with E-state index in [4.69, 9.17) is 34.8 Å². The van der Waals surface area contributed by atoms with Gasteiger partial charge in [-0.25, -0.2) is 0 Å². The number of imide groups is 1. The third-order valence-electron chi connectivity index (χ3n) is 7.58. The van der Waals surface area contributed by atoms with E-state index in [9.17, 15) is 14.4 Å². The van der Waals surface area contributed by atoms with Crippen molar-refractivity contribution in [2.24, 2.45) is 35.5 Å². The predicted molar refractivity (Wildman–Crippen MR) is 126 cm³/mol. The third-order valence-corrected chi connectivity index (χ3v) is 8.38. The molecule has 7 rings (SSSR count). The van der Waals surface area contributed by atoms with Gasteiger partial charge >= 0.3 is 0 Å². The van der Waals surface area contributed by atoms with Gasteiger partial charge in [0.05, 0.1) is 22.4 Å². The first-order chi connectivity index (χ1) is 15.8. The topological polar surface area (TPSA) is 57.7 Å². The molecule has 1 heterocycles. The molecule has 2 aromatic carbocycles. The van der Waals surface area contributed by atoms with Gasteiger partial charge in [0.2, 0.25) is 11.8 Å². The van der Waals surface area contributed by atoms with E-state index in [0.717, 1.165) is 6.42 Å². The molecule has 33 heavy (non-hydrogen) atoms. The minimum absolute atomic E-state index is 0.122. The summed E-state index contributed by atoms with van der Waals surface area (Å²) >= 11 is 18.4. The second-order valence-corrected chi connectivity index (χ2v) is 10.5. The average Bonchev–Trinajstić information content (AvgIpc) is 3.58. The smallest absolute Gasteiger partial charge is 0.261 e. The normalized spacial score (nSPS) is 30.9. The van der Waals surface area contributed by atoms with Gasteiger partial charge in [0.15, 0.2) is 0 Å². The summed E-state index contributed by atoms with van der Waals surface area (Å²) in [5, 5.41) is 1.11. The Balaban J connectivity index is 1.35. The number of carbonyl (C=O) groups excluding carboxylic acids is 3. The van der Waals surface area contributed by atoms with Gasteiger partial charge in [-0.3, -0.25) is 24.2 Å². The molecule has 0 N–H and O–H groups in total. The van der Waals surface area contributed by atoms with Gasteiger partial charge in [-0.15, -0.1) is 0 Å². The summed E-state index contributed by atoms with van der Waals surface area (Å²) in [6, 6.07) is 11.3. The fourth-order valence-corrected chi connectivity index (χ4v) is 6.61. The van der Waals surface area contributed by atoms with E-state index in [1.54, 1.807) is 36.4 Å². The molecule has 1 saturated heterocycles. The van der Waals surface area contributed by atoms with Crippen LogP contribution in [-0.2, 0) is 9.59 Å². The highest BCUT2D eigenvalue weighted by Gasteiger charge is 2.67. The summed E-state index contributed by atoms with van der Waals surface area (Å²) in [4.78, 5) is 43.2. The van der Waals surface area contributed by atoms with Crippen LogP contribution in [0, 0.1) is 35.5 Å². The van der Waals surface area contributed by atoms with Crippen LogP contribution in [0.15, 0.2) is 54.6 Å². The molecule has 8 heteroatoms. The van der Waals surface area contributed by atoms with E-state index in [1.165, 1.54) is 15.9 Å². The van der Waals surface area contributed by atoms with Gasteiger partial charge in [-0.1, -0.05) is 47.0 Å². The van der Waals surface area contributed by atoms with Crippen LogP contribution in [0.2, 0.25) is 15.1 Å². The van der Waals surface area contributed by atoms with E-state index >= 15 is 0 Å². The number of carbonyl (C=O) groups is 3. The number of hydrogen-bond acceptors (Lipinski definition) is 3. The van der Waals surface area contributed by atoms with Gasteiger partial charge in [0.1, 0.15) is 6.67 Å². The zero-order chi connectivity index (χ0) is 23.0. The summed E-state index contributed by atoms with van der Waals surface area (Å²) in [6.07, 6.45) is 5.36. The minimum atomic E-state index is -0.432. The van der Waals surface area contributed by atoms with Crippen LogP contribution in [0.4, 0.5) is 5.69 Å². The van der Waals surface area contributed by atoms with Crippen molar-refractivity contribution in [3.63, 3.8) is 0 Å². The maximum absolute atomic E-state index is 13.6. The van der Waals surface area contributed by atoms with Crippen LogP contribution in [0.1, 0.15) is 16.8 Å². The molecule has 0 spiro atoms. The molecule has 6 unspecified atom stereocenters. The summed E-state index contributed by atoms with van der Waals surface area (Å²) < 4.78 is 0. The Morgan fingerprint density at radius 3 is 2.03 bits per heavy atom. The number of hydrogen-bond donors (Lipinski definition) is 0. The molecule has 5 nitrogen and oxygen atoms in total. The fraction of sp³-hybridized carbons (Fsp3) is 0.320. The van der Waals surface area contributed by atoms with E-state index in [2.05, 4.69) is 12.2 Å². The molecular weight excluding hydrogens is 483 g/mol. The van der Waals surface area contributed by atoms with E-state index in [0.29, 0.717) is 27.6 Å². The van der Waals surface area contributed by atoms with Crippen LogP contribution in [-0.4, -0.2) is 29.3 Å². The monoisotopic (exact) mass is 500 g/mol. The van der Waals surface area contributed by atoms with Crippen molar-refractivity contribution >= 4 is 58.2 Å². The van der Waals surface area contributed by atoms with Crippen molar-refractivity contribution in [2.45, 2.75) is 6.42 Å². The molecular formula is C25H19Cl3N2O3. The molecule has 2 aromatic rings. The zero-order valence-corrected chi connectivity index (χ0v) is 19.6. The Labute approximate surface area is 205 Å². The van der Waals surface area contributed by atoms with E-state index in [-0.39, 0.29) is 52.7 Å². The molecule has 3 amide bonds. The van der Waals surface area contributed by atoms with Crippen molar-refractivity contribution in [3.8, 4) is 0 Å². The van der Waals surface area contributed by atoms with Gasteiger partial charge in [-0.2, -0.15) is 0 Å². The fourth-order valence-electron chi connectivity index (χ4n) is 5.99. The lowest BCUT2D eigenvalue weighted by Crippen LogP contribution is -2.45. The first-order valence-electron chi connectivity index (χ1n) is 10.9. The van der Waals surface area contributed by atoms with Crippen LogP contribution >= 0.6 is 34.8 Å². The Hall–Kier alpha value is -2.34. The summed E-state index contributed by atoms with van der Waals surface area (Å²) in [6.45, 7) is -0.182. The van der Waals surface area contributed by atoms with Crippen LogP contribution < -0.4 is 4.90 Å². The van der Waals surface area contributed by atoms with Crippen molar-refractivity contribution < 1.29 is 14.4 Å². The van der Waals surface area contributed by atoms with Gasteiger partial charge in [-0.05, 0) is 72.6 Å². The predicted octanol–water partition coefficient (Wildman–Crippen LogP) is 5.30. The van der Waals surface area contributed by atoms with Gasteiger partial charge in [0, 0.05) is 15.7 Å². The standard InChI is InChI=1S/C25H19Cl3N2O3/c26-12-1-4-14(5-2-12)29(23(31)17-6-3-13(27)9-20(17)28)11-30-24(32)21-15-7-8-16(19-10-18(15)19)22(21)25(30)33/h1-9,15-16,18-19,21-22H,10-11H2. The zero-order valence-electron chi connectivity index (χ0n) is 17.3. The molecule has 5 aliphatic rings. The van der Waals surface area contributed by atoms with Crippen LogP contribution in [0.3, 0.4) is 0 Å². The number of likely N-dealkylation sites (tertiary alicyclic amines) is 1. The molecule has 2 saturated carbocycles. The summed E-state index contributed by atoms with van der Waals surface area (Å²) in [5.41, 5.74) is 0.741. The summed E-state index contributed by atoms with van der Waals surface area (Å²) in [7, 11) is 0. The maximum atomic E-state index is 13.6. The minimum Gasteiger partial charge on any atom is -0.290 e. The van der Waals surface area contributed by atoms with Gasteiger partial charge < -0.3 is 0 Å². The first kappa shape index (κ1) is 21.2.